The Labute approximate surface area is 209 Å². The van der Waals surface area contributed by atoms with Gasteiger partial charge in [0.25, 0.3) is 17.7 Å². The number of ether oxygens (including phenoxy) is 1. The summed E-state index contributed by atoms with van der Waals surface area (Å²) < 4.78 is 6.33. The number of ketones is 1. The molecule has 0 N–H and O–H groups in total. The zero-order valence-electron chi connectivity index (χ0n) is 20.2. The quantitative estimate of drug-likeness (QED) is 0.537. The van der Waals surface area contributed by atoms with Gasteiger partial charge in [-0.25, -0.2) is 0 Å². The summed E-state index contributed by atoms with van der Waals surface area (Å²) in [5, 5.41) is 0.539. The molecule has 35 heavy (non-hydrogen) atoms. The number of nitrogens with zero attached hydrogens (tertiary/aromatic N) is 2. The van der Waals surface area contributed by atoms with Crippen LogP contribution in [0.5, 0.6) is 5.75 Å². The molecule has 0 radical (unpaired) electrons. The SMILES string of the molecule is Cc1cc2c(cc1Cl)C(=O)CC1(CCN(C(=O)c3ccc4c(c3)C(=O)N(C(C)(C)C)C4=O)CC1)O2. The topological polar surface area (TPSA) is 84.0 Å². The van der Waals surface area contributed by atoms with Crippen molar-refractivity contribution in [3.8, 4) is 5.75 Å². The minimum atomic E-state index is -0.654. The molecule has 0 aromatic heterocycles. The number of Topliss-reactive ketones (excluding diaryl/α,β-unsaturated/α-hetero) is 1. The first-order valence-corrected chi connectivity index (χ1v) is 12.1. The van der Waals surface area contributed by atoms with E-state index in [4.69, 9.17) is 16.3 Å². The lowest BCUT2D eigenvalue weighted by molar-refractivity contribution is -0.00576. The van der Waals surface area contributed by atoms with Gasteiger partial charge in [0.05, 0.1) is 23.1 Å². The first kappa shape index (κ1) is 23.5. The lowest BCUT2D eigenvalue weighted by atomic mass is 9.82. The third kappa shape index (κ3) is 3.82. The number of carbonyl (C=O) groups is 4. The van der Waals surface area contributed by atoms with Crippen LogP contribution in [0.15, 0.2) is 30.3 Å². The molecule has 5 rings (SSSR count). The summed E-state index contributed by atoms with van der Waals surface area (Å²) in [7, 11) is 0. The molecule has 182 valence electrons. The summed E-state index contributed by atoms with van der Waals surface area (Å²) in [6, 6.07) is 8.16. The highest BCUT2D eigenvalue weighted by Crippen LogP contribution is 2.41. The van der Waals surface area contributed by atoms with Crippen LogP contribution in [0, 0.1) is 6.92 Å². The van der Waals surface area contributed by atoms with Crippen LogP contribution < -0.4 is 4.74 Å². The summed E-state index contributed by atoms with van der Waals surface area (Å²) in [6.45, 7) is 8.12. The van der Waals surface area contributed by atoms with E-state index in [1.165, 1.54) is 11.0 Å². The van der Waals surface area contributed by atoms with Crippen LogP contribution in [0.2, 0.25) is 5.02 Å². The van der Waals surface area contributed by atoms with Gasteiger partial charge in [-0.2, -0.15) is 0 Å². The third-order valence-corrected chi connectivity index (χ3v) is 7.54. The Kier molecular flexibility index (Phi) is 5.33. The maximum absolute atomic E-state index is 13.3. The first-order chi connectivity index (χ1) is 16.4. The Hall–Kier alpha value is -3.19. The number of likely N-dealkylation sites (tertiary alicyclic amines) is 1. The van der Waals surface area contributed by atoms with E-state index in [0.29, 0.717) is 53.4 Å². The van der Waals surface area contributed by atoms with E-state index in [0.717, 1.165) is 5.56 Å². The van der Waals surface area contributed by atoms with E-state index in [9.17, 15) is 19.2 Å². The molecule has 0 unspecified atom stereocenters. The number of imide groups is 1. The fraction of sp³-hybridized carbons (Fsp3) is 0.407. The predicted octanol–water partition coefficient (Wildman–Crippen LogP) is 4.68. The van der Waals surface area contributed by atoms with Crippen molar-refractivity contribution in [3.05, 3.63) is 63.2 Å². The highest BCUT2D eigenvalue weighted by Gasteiger charge is 2.45. The van der Waals surface area contributed by atoms with Gasteiger partial charge in [0.2, 0.25) is 0 Å². The van der Waals surface area contributed by atoms with Crippen molar-refractivity contribution < 1.29 is 23.9 Å². The number of aryl methyl sites for hydroxylation is 1. The van der Waals surface area contributed by atoms with Gasteiger partial charge in [-0.15, -0.1) is 0 Å². The second kappa shape index (κ2) is 7.92. The van der Waals surface area contributed by atoms with Gasteiger partial charge in [-0.3, -0.25) is 24.1 Å². The van der Waals surface area contributed by atoms with Crippen LogP contribution in [0.4, 0.5) is 0 Å². The van der Waals surface area contributed by atoms with Crippen LogP contribution in [0.1, 0.15) is 87.0 Å². The van der Waals surface area contributed by atoms with Crippen molar-refractivity contribution in [3.63, 3.8) is 0 Å². The first-order valence-electron chi connectivity index (χ1n) is 11.7. The van der Waals surface area contributed by atoms with E-state index < -0.39 is 11.1 Å². The molecule has 0 bridgehead atoms. The second-order valence-corrected chi connectivity index (χ2v) is 11.1. The molecular formula is C27H27ClN2O5. The number of halogens is 1. The monoisotopic (exact) mass is 494 g/mol. The van der Waals surface area contributed by atoms with Crippen LogP contribution in [-0.2, 0) is 0 Å². The summed E-state index contributed by atoms with van der Waals surface area (Å²) in [5.41, 5.74) is 1.00. The minimum Gasteiger partial charge on any atom is -0.486 e. The normalized spacial score (nSPS) is 19.1. The average Bonchev–Trinajstić information content (AvgIpc) is 3.05. The van der Waals surface area contributed by atoms with Crippen LogP contribution in [-0.4, -0.2) is 57.5 Å². The van der Waals surface area contributed by atoms with Crippen LogP contribution in [0.25, 0.3) is 0 Å². The fourth-order valence-electron chi connectivity index (χ4n) is 5.18. The van der Waals surface area contributed by atoms with Gasteiger partial charge in [0, 0.05) is 42.1 Å². The van der Waals surface area contributed by atoms with Gasteiger partial charge >= 0.3 is 0 Å². The number of rotatable bonds is 1. The molecule has 2 aromatic carbocycles. The highest BCUT2D eigenvalue weighted by atomic mass is 35.5. The van der Waals surface area contributed by atoms with Crippen molar-refractivity contribution in [2.24, 2.45) is 0 Å². The number of carbonyl (C=O) groups excluding carboxylic acids is 4. The molecule has 3 aliphatic rings. The lowest BCUT2D eigenvalue weighted by Crippen LogP contribution is -2.52. The maximum Gasteiger partial charge on any atom is 0.262 e. The molecule has 2 aromatic rings. The van der Waals surface area contributed by atoms with E-state index in [2.05, 4.69) is 0 Å². The van der Waals surface area contributed by atoms with Crippen LogP contribution >= 0.6 is 11.6 Å². The zero-order valence-corrected chi connectivity index (χ0v) is 21.0. The molecule has 0 aliphatic carbocycles. The van der Waals surface area contributed by atoms with Gasteiger partial charge in [0.15, 0.2) is 5.78 Å². The summed E-state index contributed by atoms with van der Waals surface area (Å²) in [6.07, 6.45) is 1.29. The molecule has 1 fully saturated rings. The lowest BCUT2D eigenvalue weighted by Gasteiger charge is -2.44. The number of benzene rings is 2. The van der Waals surface area contributed by atoms with Crippen LogP contribution in [0.3, 0.4) is 0 Å². The molecule has 3 amide bonds. The molecule has 3 aliphatic heterocycles. The Morgan fingerprint density at radius 2 is 1.63 bits per heavy atom. The molecule has 0 saturated carbocycles. The molecule has 1 spiro atoms. The van der Waals surface area contributed by atoms with Crippen molar-refractivity contribution in [2.45, 2.75) is 58.1 Å². The largest absolute Gasteiger partial charge is 0.486 e. The Morgan fingerprint density at radius 1 is 0.971 bits per heavy atom. The highest BCUT2D eigenvalue weighted by molar-refractivity contribution is 6.32. The van der Waals surface area contributed by atoms with Crippen molar-refractivity contribution in [1.82, 2.24) is 9.80 Å². The van der Waals surface area contributed by atoms with E-state index in [1.807, 2.05) is 6.92 Å². The minimum absolute atomic E-state index is 0.00173. The molecule has 3 heterocycles. The molecular weight excluding hydrogens is 468 g/mol. The molecule has 1 saturated heterocycles. The van der Waals surface area contributed by atoms with Crippen molar-refractivity contribution >= 4 is 35.1 Å². The zero-order chi connectivity index (χ0) is 25.3. The number of hydrogen-bond donors (Lipinski definition) is 0. The van der Waals surface area contributed by atoms with E-state index in [-0.39, 0.29) is 35.5 Å². The smallest absolute Gasteiger partial charge is 0.262 e. The fourth-order valence-corrected chi connectivity index (χ4v) is 5.34. The number of amides is 3. The maximum atomic E-state index is 13.3. The Bertz CT molecular complexity index is 1300. The molecule has 8 heteroatoms. The van der Waals surface area contributed by atoms with Gasteiger partial charge in [-0.1, -0.05) is 11.6 Å². The van der Waals surface area contributed by atoms with E-state index >= 15 is 0 Å². The third-order valence-electron chi connectivity index (χ3n) is 7.14. The van der Waals surface area contributed by atoms with Crippen molar-refractivity contribution in [1.29, 1.82) is 0 Å². The van der Waals surface area contributed by atoms with Gasteiger partial charge in [-0.05, 0) is 63.6 Å². The average molecular weight is 495 g/mol. The van der Waals surface area contributed by atoms with Gasteiger partial charge in [0.1, 0.15) is 11.4 Å². The number of piperidine rings is 1. The molecule has 7 nitrogen and oxygen atoms in total. The summed E-state index contributed by atoms with van der Waals surface area (Å²) in [4.78, 5) is 54.7. The van der Waals surface area contributed by atoms with Crippen molar-refractivity contribution in [2.75, 3.05) is 13.1 Å². The second-order valence-electron chi connectivity index (χ2n) is 10.7. The summed E-state index contributed by atoms with van der Waals surface area (Å²) >= 11 is 6.19. The Balaban J connectivity index is 1.32. The molecule has 0 atom stereocenters. The van der Waals surface area contributed by atoms with Gasteiger partial charge < -0.3 is 9.64 Å². The summed E-state index contributed by atoms with van der Waals surface area (Å²) in [5.74, 6) is -0.381. The van der Waals surface area contributed by atoms with E-state index in [1.54, 1.807) is 49.9 Å². The number of fused-ring (bicyclic) bond motifs is 2. The standard InChI is InChI=1S/C27H27ClN2O5/c1-15-11-22-19(13-20(15)28)21(31)14-27(35-22)7-9-29(10-8-27)23(32)16-5-6-17-18(12-16)25(34)30(24(17)33)26(2,3)4/h5-6,11-13H,7-10,14H2,1-4H3. The predicted molar refractivity (Wildman–Crippen MR) is 130 cm³/mol. The Morgan fingerprint density at radius 3 is 2.29 bits per heavy atom. The number of hydrogen-bond acceptors (Lipinski definition) is 5.